The average molecular weight is 734 g/mol. The van der Waals surface area contributed by atoms with Crippen molar-refractivity contribution in [3.05, 3.63) is 41.1 Å². The Labute approximate surface area is 323 Å². The Morgan fingerprint density at radius 1 is 1.21 bits per heavy atom. The summed E-state index contributed by atoms with van der Waals surface area (Å²) in [6.45, 7) is 4.92. The second kappa shape index (κ2) is 16.8. The van der Waals surface area contributed by atoms with Crippen LogP contribution in [0.2, 0.25) is 0 Å². The second-order valence-corrected chi connectivity index (χ2v) is 14.4. The molecule has 1 saturated heterocycles. The number of amides is 3. The number of β-lactam (4-membered cyclic amide) rings is 1. The minimum absolute atomic E-state index is 0. The molecule has 1 aromatic heterocycles. The predicted molar refractivity (Wildman–Crippen MR) is 175 cm³/mol. The molecule has 0 bridgehead atoms. The third-order valence-electron chi connectivity index (χ3n) is 6.40. The number of methoxy groups -OCH3 is 1. The molecule has 2 atom stereocenters. The number of hydrogen-bond acceptors (Lipinski definition) is 13. The van der Waals surface area contributed by atoms with Crippen LogP contribution in [0.15, 0.2) is 40.7 Å². The van der Waals surface area contributed by atoms with Gasteiger partial charge in [-0.05, 0) is 48.4 Å². The van der Waals surface area contributed by atoms with Crippen LogP contribution < -0.4 is 10.6 Å². The van der Waals surface area contributed by atoms with Gasteiger partial charge in [0, 0.05) is 24.3 Å². The number of hydrogen-bond donors (Lipinski definition) is 4. The van der Waals surface area contributed by atoms with E-state index in [4.69, 9.17) is 14.0 Å². The van der Waals surface area contributed by atoms with Crippen molar-refractivity contribution in [2.45, 2.75) is 55.6 Å². The van der Waals surface area contributed by atoms with Crippen molar-refractivity contribution in [2.75, 3.05) is 29.7 Å². The van der Waals surface area contributed by atoms with Crippen molar-refractivity contribution in [3.8, 4) is 0 Å². The van der Waals surface area contributed by atoms with E-state index in [9.17, 15) is 32.7 Å². The first-order valence-electron chi connectivity index (χ1n) is 13.2. The summed E-state index contributed by atoms with van der Waals surface area (Å²) in [5.41, 5.74) is -1.71. The molecule has 0 saturated carbocycles. The van der Waals surface area contributed by atoms with Gasteiger partial charge in [0.15, 0.2) is 0 Å². The SMILES string of the molecule is CO[C@@]1(NC(=O)Cc2ccccc2NC(=O)OC(C)(C)C)C(=O)N2C(C(=O)O)=C(CSc3nnnn3CCS(=O)(=O)O)CS[C@@H]21.[NaH].[NaH]. The summed E-state index contributed by atoms with van der Waals surface area (Å²) in [6, 6.07) is 6.58. The van der Waals surface area contributed by atoms with Crippen LogP contribution in [0.4, 0.5) is 10.5 Å². The molecule has 0 unspecified atom stereocenters. The molecule has 248 valence electrons. The summed E-state index contributed by atoms with van der Waals surface area (Å²) in [5, 5.41) is 25.5. The Balaban J connectivity index is 0.00000384. The molecule has 0 aliphatic carbocycles. The molecule has 1 fully saturated rings. The number of ether oxygens (including phenoxy) is 2. The number of aromatic nitrogens is 4. The fraction of sp³-hybridized carbons (Fsp3) is 0.480. The molecule has 4 rings (SSSR count). The Morgan fingerprint density at radius 3 is 2.51 bits per heavy atom. The number of carboxylic acids is 1. The standard InChI is InChI=1S/C25H31N7O10S3.2Na.2H/c1-24(2,3)42-23(37)26-16-8-6-5-7-14(16)11-17(33)27-25(41-4)20(36)32-18(19(34)35)15(12-43-21(25)32)13-44-22-28-29-30-31(22)9-10-45(38,39)40;;;;/h5-8,21H,9-13H2,1-4H3,(H,26,37)(H,27,33)(H,34,35)(H,38,39,40);;;;/t21-,25+;;;;/m1..../s1. The van der Waals surface area contributed by atoms with Crippen molar-refractivity contribution in [1.82, 2.24) is 30.4 Å². The number of thioether (sulfide) groups is 2. The monoisotopic (exact) mass is 733 g/mol. The van der Waals surface area contributed by atoms with Crippen molar-refractivity contribution in [3.63, 3.8) is 0 Å². The van der Waals surface area contributed by atoms with Crippen LogP contribution in [0.5, 0.6) is 0 Å². The molecule has 22 heteroatoms. The van der Waals surface area contributed by atoms with Crippen molar-refractivity contribution >= 4 is 122 Å². The van der Waals surface area contributed by atoms with E-state index in [1.165, 1.54) is 18.9 Å². The molecule has 4 N–H and O–H groups in total. The van der Waals surface area contributed by atoms with E-state index in [-0.39, 0.29) is 94.4 Å². The van der Waals surface area contributed by atoms with Crippen molar-refractivity contribution in [2.24, 2.45) is 0 Å². The van der Waals surface area contributed by atoms with E-state index in [2.05, 4.69) is 26.2 Å². The first-order chi connectivity index (χ1) is 21.0. The molecular weight excluding hydrogens is 700 g/mol. The zero-order chi connectivity index (χ0) is 33.2. The summed E-state index contributed by atoms with van der Waals surface area (Å²) < 4.78 is 43.1. The zero-order valence-corrected chi connectivity index (χ0v) is 27.0. The van der Waals surface area contributed by atoms with Gasteiger partial charge in [0.05, 0.1) is 18.7 Å². The van der Waals surface area contributed by atoms with E-state index >= 15 is 0 Å². The Morgan fingerprint density at radius 2 is 1.89 bits per heavy atom. The van der Waals surface area contributed by atoms with Gasteiger partial charge < -0.3 is 19.9 Å². The van der Waals surface area contributed by atoms with Gasteiger partial charge in [0.2, 0.25) is 11.1 Å². The summed E-state index contributed by atoms with van der Waals surface area (Å²) in [6.07, 6.45) is -0.943. The van der Waals surface area contributed by atoms with Crippen LogP contribution in [0.1, 0.15) is 26.3 Å². The zero-order valence-electron chi connectivity index (χ0n) is 24.5. The van der Waals surface area contributed by atoms with E-state index in [1.807, 2.05) is 0 Å². The summed E-state index contributed by atoms with van der Waals surface area (Å²) in [7, 11) is -3.03. The number of anilines is 1. The summed E-state index contributed by atoms with van der Waals surface area (Å²) >= 11 is 2.21. The fourth-order valence-electron chi connectivity index (χ4n) is 4.48. The fourth-order valence-corrected chi connectivity index (χ4v) is 7.37. The molecule has 0 radical (unpaired) electrons. The minimum atomic E-state index is -4.26. The maximum absolute atomic E-state index is 13.5. The number of benzene rings is 1. The number of aryl methyl sites for hydroxylation is 1. The number of tetrazole rings is 1. The summed E-state index contributed by atoms with van der Waals surface area (Å²) in [4.78, 5) is 52.4. The molecule has 3 amide bonds. The molecule has 17 nitrogen and oxygen atoms in total. The number of carbonyl (C=O) groups excluding carboxylic acids is 3. The van der Waals surface area contributed by atoms with E-state index in [0.717, 1.165) is 21.3 Å². The van der Waals surface area contributed by atoms with Crippen LogP contribution in [-0.2, 0) is 46.9 Å². The number of rotatable bonds is 12. The van der Waals surface area contributed by atoms with Gasteiger partial charge >= 0.3 is 71.2 Å². The maximum atomic E-state index is 13.5. The van der Waals surface area contributed by atoms with Gasteiger partial charge in [-0.15, -0.1) is 16.9 Å². The molecular formula is C25H33N7Na2O10S3. The number of carbonyl (C=O) groups is 4. The van der Waals surface area contributed by atoms with Crippen LogP contribution in [0, 0.1) is 0 Å². The number of aliphatic carboxylic acids is 1. The summed E-state index contributed by atoms with van der Waals surface area (Å²) in [5.74, 6) is -3.18. The van der Waals surface area contributed by atoms with E-state index < -0.39 is 56.4 Å². The Hall–Kier alpha value is -1.72. The van der Waals surface area contributed by atoms with Gasteiger partial charge in [-0.3, -0.25) is 24.4 Å². The Kier molecular flexibility index (Phi) is 14.8. The second-order valence-electron chi connectivity index (χ2n) is 10.8. The van der Waals surface area contributed by atoms with Crippen LogP contribution in [0.25, 0.3) is 0 Å². The van der Waals surface area contributed by atoms with Gasteiger partial charge in [-0.25, -0.2) is 14.3 Å². The third kappa shape index (κ3) is 10.2. The molecule has 3 heterocycles. The van der Waals surface area contributed by atoms with Crippen LogP contribution in [0.3, 0.4) is 0 Å². The first-order valence-corrected chi connectivity index (χ1v) is 16.9. The van der Waals surface area contributed by atoms with Crippen molar-refractivity contribution in [1.29, 1.82) is 0 Å². The van der Waals surface area contributed by atoms with Crippen LogP contribution >= 0.6 is 23.5 Å². The number of nitrogens with zero attached hydrogens (tertiary/aromatic N) is 5. The quantitative estimate of drug-likeness (QED) is 0.0719. The van der Waals surface area contributed by atoms with E-state index in [0.29, 0.717) is 16.8 Å². The van der Waals surface area contributed by atoms with Gasteiger partial charge in [-0.2, -0.15) is 8.42 Å². The van der Waals surface area contributed by atoms with Crippen LogP contribution in [-0.4, -0.2) is 167 Å². The number of para-hydroxylation sites is 1. The molecule has 1 aromatic carbocycles. The molecule has 0 spiro atoms. The first kappa shape index (κ1) is 41.5. The normalized spacial score (nSPS) is 19.0. The molecule has 2 aliphatic rings. The number of nitrogens with one attached hydrogen (secondary N) is 2. The Bertz CT molecular complexity index is 1650. The van der Waals surface area contributed by atoms with Crippen molar-refractivity contribution < 1.29 is 46.7 Å². The van der Waals surface area contributed by atoms with Gasteiger partial charge in [0.1, 0.15) is 16.7 Å². The number of fused-ring (bicyclic) bond motifs is 1. The third-order valence-corrected chi connectivity index (χ3v) is 9.51. The number of carboxylic acid groups (broad SMARTS) is 1. The molecule has 47 heavy (non-hydrogen) atoms. The van der Waals surface area contributed by atoms with Gasteiger partial charge in [-0.1, -0.05) is 30.0 Å². The molecule has 2 aromatic rings. The molecule has 2 aliphatic heterocycles. The topological polar surface area (TPSA) is 232 Å². The average Bonchev–Trinajstić information content (AvgIpc) is 3.40. The van der Waals surface area contributed by atoms with E-state index in [1.54, 1.807) is 45.0 Å². The van der Waals surface area contributed by atoms with Gasteiger partial charge in [0.25, 0.3) is 21.8 Å². The predicted octanol–water partition coefficient (Wildman–Crippen LogP) is -0.342.